The number of carbonyl (C=O) groups is 2. The van der Waals surface area contributed by atoms with Gasteiger partial charge in [0.25, 0.3) is 11.5 Å². The average molecular weight is 351 g/mol. The molecule has 134 valence electrons. The summed E-state index contributed by atoms with van der Waals surface area (Å²) in [6.45, 7) is 6.59. The summed E-state index contributed by atoms with van der Waals surface area (Å²) in [5.74, 6) is -1.17. The van der Waals surface area contributed by atoms with Crippen molar-refractivity contribution in [2.45, 2.75) is 33.3 Å². The SMILES string of the molecule is CCOC(=O)c1nc2ccc([N+](=O)[O-])cc2n1OC(=O)OC(C)(C)C. The summed E-state index contributed by atoms with van der Waals surface area (Å²) in [4.78, 5) is 43.4. The highest BCUT2D eigenvalue weighted by Crippen LogP contribution is 2.22. The van der Waals surface area contributed by atoms with E-state index < -0.39 is 22.6 Å². The molecule has 0 aliphatic carbocycles. The van der Waals surface area contributed by atoms with Crippen LogP contribution in [0.3, 0.4) is 0 Å². The van der Waals surface area contributed by atoms with Gasteiger partial charge in [-0.1, -0.05) is 0 Å². The molecule has 0 radical (unpaired) electrons. The minimum atomic E-state index is -1.09. The Labute approximate surface area is 142 Å². The molecule has 2 aromatic rings. The maximum absolute atomic E-state index is 12.0. The van der Waals surface area contributed by atoms with Gasteiger partial charge in [0.15, 0.2) is 0 Å². The van der Waals surface area contributed by atoms with Crippen molar-refractivity contribution in [1.29, 1.82) is 0 Å². The third-order valence-corrected chi connectivity index (χ3v) is 2.82. The summed E-state index contributed by atoms with van der Waals surface area (Å²) in [5.41, 5.74) is -0.805. The zero-order chi connectivity index (χ0) is 18.8. The molecule has 0 saturated heterocycles. The van der Waals surface area contributed by atoms with Gasteiger partial charge in [-0.3, -0.25) is 15.0 Å². The average Bonchev–Trinajstić information content (AvgIpc) is 2.83. The van der Waals surface area contributed by atoms with E-state index in [4.69, 9.17) is 14.3 Å². The zero-order valence-electron chi connectivity index (χ0n) is 14.1. The second kappa shape index (κ2) is 6.75. The van der Waals surface area contributed by atoms with Crippen LogP contribution < -0.4 is 4.84 Å². The molecular weight excluding hydrogens is 334 g/mol. The van der Waals surface area contributed by atoms with Crippen LogP contribution in [0.25, 0.3) is 11.0 Å². The summed E-state index contributed by atoms with van der Waals surface area (Å²) >= 11 is 0. The summed E-state index contributed by atoms with van der Waals surface area (Å²) in [6, 6.07) is 3.70. The Hall–Kier alpha value is -3.17. The summed E-state index contributed by atoms with van der Waals surface area (Å²) in [5, 5.41) is 11.0. The molecule has 1 aromatic heterocycles. The third kappa shape index (κ3) is 4.22. The van der Waals surface area contributed by atoms with Crippen LogP contribution in [0.15, 0.2) is 18.2 Å². The fourth-order valence-electron chi connectivity index (χ4n) is 1.92. The lowest BCUT2D eigenvalue weighted by Gasteiger charge is -2.19. The molecule has 25 heavy (non-hydrogen) atoms. The number of benzene rings is 1. The Balaban J connectivity index is 2.53. The van der Waals surface area contributed by atoms with Gasteiger partial charge in [0.05, 0.1) is 17.0 Å². The summed E-state index contributed by atoms with van der Waals surface area (Å²) < 4.78 is 10.7. The van der Waals surface area contributed by atoms with Crippen LogP contribution in [0.5, 0.6) is 0 Å². The van der Waals surface area contributed by atoms with E-state index in [1.54, 1.807) is 27.7 Å². The lowest BCUT2D eigenvalue weighted by molar-refractivity contribution is -0.384. The van der Waals surface area contributed by atoms with Crippen LogP contribution in [-0.4, -0.2) is 39.0 Å². The van der Waals surface area contributed by atoms with Gasteiger partial charge in [0, 0.05) is 12.1 Å². The molecule has 0 spiro atoms. The van der Waals surface area contributed by atoms with Crippen LogP contribution >= 0.6 is 0 Å². The first kappa shape index (κ1) is 18.2. The topological polar surface area (TPSA) is 123 Å². The molecule has 0 aliphatic rings. The first-order valence-electron chi connectivity index (χ1n) is 7.37. The summed E-state index contributed by atoms with van der Waals surface area (Å²) in [6.07, 6.45) is -1.09. The van der Waals surface area contributed by atoms with Crippen LogP contribution in [0.4, 0.5) is 10.5 Å². The predicted octanol–water partition coefficient (Wildman–Crippen LogP) is 2.48. The maximum Gasteiger partial charge on any atom is 0.534 e. The molecule has 1 heterocycles. The molecule has 0 aliphatic heterocycles. The minimum absolute atomic E-state index is 0.0584. The molecule has 0 unspecified atom stereocenters. The quantitative estimate of drug-likeness (QED) is 0.467. The molecule has 0 N–H and O–H groups in total. The molecule has 2 rings (SSSR count). The molecule has 0 saturated carbocycles. The number of nitrogens with zero attached hydrogens (tertiary/aromatic N) is 3. The van der Waals surface area contributed by atoms with E-state index in [9.17, 15) is 19.7 Å². The first-order chi connectivity index (χ1) is 11.6. The van der Waals surface area contributed by atoms with Gasteiger partial charge in [-0.05, 0) is 33.8 Å². The van der Waals surface area contributed by atoms with E-state index in [2.05, 4.69) is 4.98 Å². The zero-order valence-corrected chi connectivity index (χ0v) is 14.1. The maximum atomic E-state index is 12.0. The van der Waals surface area contributed by atoms with Crippen molar-refractivity contribution in [2.24, 2.45) is 0 Å². The van der Waals surface area contributed by atoms with Gasteiger partial charge in [-0.15, -0.1) is 4.73 Å². The van der Waals surface area contributed by atoms with Crippen molar-refractivity contribution in [3.8, 4) is 0 Å². The number of imidazole rings is 1. The van der Waals surface area contributed by atoms with Crippen molar-refractivity contribution in [3.63, 3.8) is 0 Å². The van der Waals surface area contributed by atoms with Gasteiger partial charge in [0.2, 0.25) is 0 Å². The number of aromatic nitrogens is 2. The minimum Gasteiger partial charge on any atom is -0.460 e. The van der Waals surface area contributed by atoms with E-state index in [-0.39, 0.29) is 29.2 Å². The number of hydrogen-bond acceptors (Lipinski definition) is 8. The molecular formula is C15H17N3O7. The molecule has 0 bridgehead atoms. The Morgan fingerprint density at radius 1 is 1.32 bits per heavy atom. The van der Waals surface area contributed by atoms with E-state index in [0.717, 1.165) is 10.8 Å². The first-order valence-corrected chi connectivity index (χ1v) is 7.37. The third-order valence-electron chi connectivity index (χ3n) is 2.82. The molecule has 10 nitrogen and oxygen atoms in total. The molecule has 1 aromatic carbocycles. The highest BCUT2D eigenvalue weighted by Gasteiger charge is 2.26. The number of nitro groups is 1. The standard InChI is InChI=1S/C15H17N3O7/c1-5-23-13(19)12-16-10-7-6-9(18(21)22)8-11(10)17(12)25-14(20)24-15(2,3)4/h6-8H,5H2,1-4H3. The second-order valence-corrected chi connectivity index (χ2v) is 5.94. The monoisotopic (exact) mass is 351 g/mol. The number of non-ortho nitro benzene ring substituents is 1. The number of hydrogen-bond donors (Lipinski definition) is 0. The Bertz CT molecular complexity index is 835. The van der Waals surface area contributed by atoms with Gasteiger partial charge in [0.1, 0.15) is 11.1 Å². The van der Waals surface area contributed by atoms with Crippen molar-refractivity contribution >= 4 is 28.8 Å². The Morgan fingerprint density at radius 2 is 2.00 bits per heavy atom. The fourth-order valence-corrected chi connectivity index (χ4v) is 1.92. The predicted molar refractivity (Wildman–Crippen MR) is 85.2 cm³/mol. The van der Waals surface area contributed by atoms with Crippen molar-refractivity contribution in [3.05, 3.63) is 34.1 Å². The van der Waals surface area contributed by atoms with E-state index in [0.29, 0.717) is 0 Å². The van der Waals surface area contributed by atoms with E-state index in [1.807, 2.05) is 0 Å². The van der Waals surface area contributed by atoms with Crippen molar-refractivity contribution in [1.82, 2.24) is 9.71 Å². The molecule has 0 amide bonds. The lowest BCUT2D eigenvalue weighted by atomic mass is 10.2. The smallest absolute Gasteiger partial charge is 0.460 e. The Kier molecular flexibility index (Phi) is 4.91. The largest absolute Gasteiger partial charge is 0.534 e. The number of esters is 1. The fraction of sp³-hybridized carbons (Fsp3) is 0.400. The van der Waals surface area contributed by atoms with Crippen molar-refractivity contribution in [2.75, 3.05) is 6.61 Å². The van der Waals surface area contributed by atoms with Crippen LogP contribution in [0.2, 0.25) is 0 Å². The number of fused-ring (bicyclic) bond motifs is 1. The summed E-state index contributed by atoms with van der Waals surface area (Å²) in [7, 11) is 0. The van der Waals surface area contributed by atoms with Gasteiger partial charge >= 0.3 is 12.1 Å². The number of nitro benzene ring substituents is 1. The highest BCUT2D eigenvalue weighted by molar-refractivity contribution is 5.91. The normalized spacial score (nSPS) is 11.2. The van der Waals surface area contributed by atoms with Gasteiger partial charge in [-0.2, -0.15) is 0 Å². The molecule has 0 atom stereocenters. The molecule has 0 fully saturated rings. The molecule has 10 heteroatoms. The van der Waals surface area contributed by atoms with Crippen molar-refractivity contribution < 1.29 is 28.8 Å². The lowest BCUT2D eigenvalue weighted by Crippen LogP contribution is -2.31. The van der Waals surface area contributed by atoms with Gasteiger partial charge in [-0.25, -0.2) is 14.6 Å². The van der Waals surface area contributed by atoms with Crippen LogP contribution in [-0.2, 0) is 9.47 Å². The highest BCUT2D eigenvalue weighted by atomic mass is 16.8. The van der Waals surface area contributed by atoms with Crippen LogP contribution in [0, 0.1) is 10.1 Å². The van der Waals surface area contributed by atoms with E-state index in [1.165, 1.54) is 12.1 Å². The Morgan fingerprint density at radius 3 is 2.56 bits per heavy atom. The van der Waals surface area contributed by atoms with Gasteiger partial charge < -0.3 is 9.47 Å². The second-order valence-electron chi connectivity index (χ2n) is 5.94. The van der Waals surface area contributed by atoms with E-state index >= 15 is 0 Å². The number of ether oxygens (including phenoxy) is 2. The van der Waals surface area contributed by atoms with Crippen LogP contribution in [0.1, 0.15) is 38.3 Å². The number of rotatable bonds is 4. The number of carbonyl (C=O) groups excluding carboxylic acids is 2.